The molecular weight excluding hydrogens is 190 g/mol. The zero-order valence-corrected chi connectivity index (χ0v) is 9.92. The van der Waals surface area contributed by atoms with Crippen molar-refractivity contribution >= 4 is 11.6 Å². The first-order valence-corrected chi connectivity index (χ1v) is 4.94. The summed E-state index contributed by atoms with van der Waals surface area (Å²) in [4.78, 5) is 11.3. The van der Waals surface area contributed by atoms with Gasteiger partial charge in [0.25, 0.3) is 0 Å². The monoisotopic (exact) mass is 207 g/mol. The lowest BCUT2D eigenvalue weighted by molar-refractivity contribution is -0.124. The van der Waals surface area contributed by atoms with Crippen LogP contribution in [0.4, 0.5) is 5.69 Å². The van der Waals surface area contributed by atoms with Crippen LogP contribution in [0.2, 0.25) is 0 Å². The molecule has 0 fully saturated rings. The van der Waals surface area contributed by atoms with Crippen molar-refractivity contribution in [2.75, 3.05) is 7.05 Å². The molecule has 0 bridgehead atoms. The summed E-state index contributed by atoms with van der Waals surface area (Å²) >= 11 is 0. The Hall–Kier alpha value is -1.19. The third kappa shape index (κ3) is 2.08. The maximum atomic E-state index is 12.1. The Morgan fingerprint density at radius 1 is 1.20 bits per heavy atom. The highest BCUT2D eigenvalue weighted by atomic mass is 16.6. The molecule has 0 heterocycles. The van der Waals surface area contributed by atoms with Crippen LogP contribution in [0, 0.1) is 26.0 Å². The molecule has 0 aromatic heterocycles. The summed E-state index contributed by atoms with van der Waals surface area (Å²) in [5.74, 6) is -0.398. The van der Waals surface area contributed by atoms with Crippen LogP contribution in [-0.4, -0.2) is 13.0 Å². The molecule has 1 aromatic carbocycles. The molecular formula is C12H17NO2. The lowest BCUT2D eigenvalue weighted by atomic mass is 10.0. The summed E-state index contributed by atoms with van der Waals surface area (Å²) in [5, 5.41) is 12.1. The summed E-state index contributed by atoms with van der Waals surface area (Å²) in [6.45, 7) is 7.04. The maximum Gasteiger partial charge on any atom is 0.315 e. The Labute approximate surface area is 90.5 Å². The zero-order chi connectivity index (χ0) is 11.8. The average Bonchev–Trinajstić information content (AvgIpc) is 2.00. The SMILES string of the molecule is CC(=O)[N+](C)([O-])c1c(C)cc(C)cc1C. The molecule has 1 aromatic rings. The summed E-state index contributed by atoms with van der Waals surface area (Å²) in [5.41, 5.74) is 3.42. The van der Waals surface area contributed by atoms with E-state index in [-0.39, 0.29) is 0 Å². The first-order valence-electron chi connectivity index (χ1n) is 4.94. The number of carbonyl (C=O) groups excluding carboxylic acids is 1. The van der Waals surface area contributed by atoms with E-state index in [2.05, 4.69) is 0 Å². The molecule has 1 rings (SSSR count). The number of hydroxylamine groups is 2. The normalized spacial score (nSPS) is 14.8. The van der Waals surface area contributed by atoms with Crippen LogP contribution in [0.5, 0.6) is 0 Å². The van der Waals surface area contributed by atoms with E-state index in [0.29, 0.717) is 5.69 Å². The van der Waals surface area contributed by atoms with Gasteiger partial charge in [0.05, 0.1) is 14.0 Å². The van der Waals surface area contributed by atoms with Gasteiger partial charge in [-0.3, -0.25) is 4.65 Å². The highest BCUT2D eigenvalue weighted by Crippen LogP contribution is 2.30. The second kappa shape index (κ2) is 3.76. The smallest absolute Gasteiger partial charge is 0.315 e. The predicted molar refractivity (Wildman–Crippen MR) is 62.4 cm³/mol. The van der Waals surface area contributed by atoms with E-state index in [1.165, 1.54) is 14.0 Å². The molecule has 3 heteroatoms. The molecule has 1 amide bonds. The van der Waals surface area contributed by atoms with Crippen molar-refractivity contribution in [3.63, 3.8) is 0 Å². The Bertz CT molecular complexity index is 385. The lowest BCUT2D eigenvalue weighted by Crippen LogP contribution is -2.44. The molecule has 3 nitrogen and oxygen atoms in total. The Morgan fingerprint density at radius 2 is 1.60 bits per heavy atom. The summed E-state index contributed by atoms with van der Waals surface area (Å²) in [6.07, 6.45) is 0. The van der Waals surface area contributed by atoms with E-state index in [9.17, 15) is 10.0 Å². The number of hydrogen-bond donors (Lipinski definition) is 0. The standard InChI is InChI=1S/C12H17NO2/c1-8-6-9(2)12(10(3)7-8)13(5,15)11(4)14/h6-7H,1-5H3. The van der Waals surface area contributed by atoms with Crippen LogP contribution in [0.25, 0.3) is 0 Å². The summed E-state index contributed by atoms with van der Waals surface area (Å²) in [6, 6.07) is 3.86. The molecule has 1 unspecified atom stereocenters. The number of amides is 1. The van der Waals surface area contributed by atoms with Gasteiger partial charge in [-0.15, -0.1) is 0 Å². The highest BCUT2D eigenvalue weighted by Gasteiger charge is 2.25. The van der Waals surface area contributed by atoms with Gasteiger partial charge < -0.3 is 5.21 Å². The Kier molecular flexibility index (Phi) is 2.98. The van der Waals surface area contributed by atoms with E-state index < -0.39 is 10.6 Å². The second-order valence-electron chi connectivity index (χ2n) is 4.19. The third-order valence-electron chi connectivity index (χ3n) is 2.66. The molecule has 0 aliphatic rings. The molecule has 0 radical (unpaired) electrons. The first-order chi connectivity index (χ1) is 6.76. The highest BCUT2D eigenvalue weighted by molar-refractivity contribution is 5.88. The van der Waals surface area contributed by atoms with E-state index in [4.69, 9.17) is 0 Å². The van der Waals surface area contributed by atoms with Gasteiger partial charge in [0.1, 0.15) is 5.69 Å². The van der Waals surface area contributed by atoms with Crippen molar-refractivity contribution in [2.24, 2.45) is 0 Å². The average molecular weight is 207 g/mol. The molecule has 0 aliphatic carbocycles. The number of aryl methyl sites for hydroxylation is 3. The van der Waals surface area contributed by atoms with Crippen LogP contribution in [0.1, 0.15) is 23.6 Å². The maximum absolute atomic E-state index is 12.1. The van der Waals surface area contributed by atoms with Gasteiger partial charge in [0.2, 0.25) is 0 Å². The number of benzene rings is 1. The van der Waals surface area contributed by atoms with E-state index in [1.807, 2.05) is 32.9 Å². The zero-order valence-electron chi connectivity index (χ0n) is 9.92. The largest absolute Gasteiger partial charge is 0.620 e. The first kappa shape index (κ1) is 11.9. The van der Waals surface area contributed by atoms with Gasteiger partial charge in [-0.1, -0.05) is 17.7 Å². The molecule has 0 N–H and O–H groups in total. The number of nitrogens with zero attached hydrogens (tertiary/aromatic N) is 1. The van der Waals surface area contributed by atoms with Gasteiger partial charge >= 0.3 is 5.91 Å². The van der Waals surface area contributed by atoms with Gasteiger partial charge in [-0.05, 0) is 20.8 Å². The third-order valence-corrected chi connectivity index (χ3v) is 2.66. The molecule has 1 atom stereocenters. The summed E-state index contributed by atoms with van der Waals surface area (Å²) in [7, 11) is 1.38. The van der Waals surface area contributed by atoms with E-state index in [0.717, 1.165) is 16.7 Å². The minimum atomic E-state index is -0.933. The van der Waals surface area contributed by atoms with Crippen LogP contribution >= 0.6 is 0 Å². The fraction of sp³-hybridized carbons (Fsp3) is 0.417. The van der Waals surface area contributed by atoms with Crippen molar-refractivity contribution in [2.45, 2.75) is 27.7 Å². The van der Waals surface area contributed by atoms with Crippen molar-refractivity contribution in [3.05, 3.63) is 34.0 Å². The van der Waals surface area contributed by atoms with Crippen molar-refractivity contribution in [1.29, 1.82) is 0 Å². The van der Waals surface area contributed by atoms with Crippen LogP contribution < -0.4 is 4.65 Å². The van der Waals surface area contributed by atoms with Gasteiger partial charge in [-0.25, -0.2) is 4.79 Å². The molecule has 15 heavy (non-hydrogen) atoms. The molecule has 0 saturated carbocycles. The Morgan fingerprint density at radius 3 is 1.93 bits per heavy atom. The number of quaternary nitrogens is 1. The number of carbonyl (C=O) groups is 1. The summed E-state index contributed by atoms with van der Waals surface area (Å²) < 4.78 is -0.933. The molecule has 0 saturated heterocycles. The van der Waals surface area contributed by atoms with Crippen molar-refractivity contribution in [1.82, 2.24) is 4.65 Å². The van der Waals surface area contributed by atoms with Gasteiger partial charge in [0, 0.05) is 11.1 Å². The van der Waals surface area contributed by atoms with Crippen LogP contribution in [-0.2, 0) is 4.79 Å². The fourth-order valence-electron chi connectivity index (χ4n) is 2.00. The second-order valence-corrected chi connectivity index (χ2v) is 4.19. The molecule has 82 valence electrons. The minimum absolute atomic E-state index is 0.398. The van der Waals surface area contributed by atoms with E-state index in [1.54, 1.807) is 0 Å². The van der Waals surface area contributed by atoms with Crippen molar-refractivity contribution < 1.29 is 4.79 Å². The van der Waals surface area contributed by atoms with Crippen molar-refractivity contribution in [3.8, 4) is 0 Å². The minimum Gasteiger partial charge on any atom is -0.620 e. The molecule has 0 aliphatic heterocycles. The molecule has 0 spiro atoms. The van der Waals surface area contributed by atoms with Crippen LogP contribution in [0.3, 0.4) is 0 Å². The quantitative estimate of drug-likeness (QED) is 0.524. The van der Waals surface area contributed by atoms with Gasteiger partial charge in [-0.2, -0.15) is 0 Å². The van der Waals surface area contributed by atoms with Gasteiger partial charge in [0.15, 0.2) is 0 Å². The number of hydrogen-bond acceptors (Lipinski definition) is 2. The predicted octanol–water partition coefficient (Wildman–Crippen LogP) is 2.59. The topological polar surface area (TPSA) is 40.1 Å². The fourth-order valence-corrected chi connectivity index (χ4v) is 2.00. The van der Waals surface area contributed by atoms with E-state index >= 15 is 0 Å². The number of rotatable bonds is 1. The lowest BCUT2D eigenvalue weighted by Gasteiger charge is -2.36. The Balaban J connectivity index is 3.44. The van der Waals surface area contributed by atoms with Crippen LogP contribution in [0.15, 0.2) is 12.1 Å².